The maximum Gasteiger partial charge on any atom is 0.120 e. The summed E-state index contributed by atoms with van der Waals surface area (Å²) in [5, 5.41) is 0.629. The van der Waals surface area contributed by atoms with Crippen LogP contribution < -0.4 is 10.5 Å². The third-order valence-corrected chi connectivity index (χ3v) is 4.11. The molecule has 3 nitrogen and oxygen atoms in total. The van der Waals surface area contributed by atoms with Crippen LogP contribution in [0.1, 0.15) is 12.8 Å². The number of nitrogens with two attached hydrogens (primary N) is 1. The van der Waals surface area contributed by atoms with Crippen LogP contribution in [0.5, 0.6) is 5.75 Å². The lowest BCUT2D eigenvalue weighted by molar-refractivity contribution is 0.100. The van der Waals surface area contributed by atoms with E-state index in [1.54, 1.807) is 7.11 Å². The minimum Gasteiger partial charge on any atom is -0.497 e. The highest BCUT2D eigenvalue weighted by Gasteiger charge is 2.16. The van der Waals surface area contributed by atoms with Gasteiger partial charge in [0.25, 0.3) is 0 Å². The Morgan fingerprint density at radius 2 is 2.12 bits per heavy atom. The third kappa shape index (κ3) is 2.83. The van der Waals surface area contributed by atoms with Crippen molar-refractivity contribution >= 4 is 17.4 Å². The first kappa shape index (κ1) is 11.6. The quantitative estimate of drug-likeness (QED) is 0.823. The predicted octanol–water partition coefficient (Wildman–Crippen LogP) is 2.55. The van der Waals surface area contributed by atoms with Crippen molar-refractivity contribution in [3.63, 3.8) is 0 Å². The molecule has 0 radical (unpaired) electrons. The van der Waals surface area contributed by atoms with Crippen molar-refractivity contribution in [2.45, 2.75) is 23.0 Å². The molecule has 0 bridgehead atoms. The molecular weight excluding hydrogens is 222 g/mol. The molecule has 88 valence electrons. The average Bonchev–Trinajstić information content (AvgIpc) is 2.33. The van der Waals surface area contributed by atoms with E-state index in [-0.39, 0.29) is 0 Å². The fraction of sp³-hybridized carbons (Fsp3) is 0.500. The van der Waals surface area contributed by atoms with Crippen LogP contribution in [0, 0.1) is 0 Å². The Labute approximate surface area is 100 Å². The molecule has 1 aliphatic rings. The van der Waals surface area contributed by atoms with Crippen molar-refractivity contribution in [2.24, 2.45) is 0 Å². The molecule has 0 aliphatic carbocycles. The molecule has 1 aromatic carbocycles. The Hall–Kier alpha value is -0.870. The third-order valence-electron chi connectivity index (χ3n) is 2.68. The van der Waals surface area contributed by atoms with Crippen LogP contribution >= 0.6 is 11.8 Å². The van der Waals surface area contributed by atoms with E-state index in [4.69, 9.17) is 15.2 Å². The zero-order valence-corrected chi connectivity index (χ0v) is 10.3. The highest BCUT2D eigenvalue weighted by atomic mass is 32.2. The van der Waals surface area contributed by atoms with E-state index < -0.39 is 0 Å². The number of hydrogen-bond acceptors (Lipinski definition) is 4. The fourth-order valence-corrected chi connectivity index (χ4v) is 2.86. The topological polar surface area (TPSA) is 44.5 Å². The van der Waals surface area contributed by atoms with E-state index >= 15 is 0 Å². The number of anilines is 1. The van der Waals surface area contributed by atoms with E-state index in [0.29, 0.717) is 5.25 Å². The monoisotopic (exact) mass is 239 g/mol. The molecule has 1 fully saturated rings. The van der Waals surface area contributed by atoms with Crippen molar-refractivity contribution in [3.05, 3.63) is 18.2 Å². The molecule has 2 rings (SSSR count). The van der Waals surface area contributed by atoms with Gasteiger partial charge in [-0.25, -0.2) is 0 Å². The summed E-state index contributed by atoms with van der Waals surface area (Å²) in [6.45, 7) is 1.74. The minimum atomic E-state index is 0.629. The van der Waals surface area contributed by atoms with Crippen LogP contribution in [-0.2, 0) is 4.74 Å². The lowest BCUT2D eigenvalue weighted by atomic mass is 10.2. The highest BCUT2D eigenvalue weighted by molar-refractivity contribution is 8.00. The standard InChI is InChI=1S/C12H17NO2S/c1-14-9-2-3-12(11(13)8-9)16-10-4-6-15-7-5-10/h2-3,8,10H,4-7,13H2,1H3. The molecule has 1 aromatic rings. The summed E-state index contributed by atoms with van der Waals surface area (Å²) in [5.74, 6) is 0.814. The van der Waals surface area contributed by atoms with Crippen molar-refractivity contribution < 1.29 is 9.47 Å². The molecule has 16 heavy (non-hydrogen) atoms. The lowest BCUT2D eigenvalue weighted by Gasteiger charge is -2.22. The normalized spacial score (nSPS) is 17.3. The van der Waals surface area contributed by atoms with Gasteiger partial charge in [-0.3, -0.25) is 0 Å². The van der Waals surface area contributed by atoms with Gasteiger partial charge in [0, 0.05) is 35.1 Å². The fourth-order valence-electron chi connectivity index (χ4n) is 1.73. The van der Waals surface area contributed by atoms with Gasteiger partial charge in [0.2, 0.25) is 0 Å². The van der Waals surface area contributed by atoms with Crippen LogP contribution in [0.3, 0.4) is 0 Å². The van der Waals surface area contributed by atoms with Crippen LogP contribution in [0.4, 0.5) is 5.69 Å². The Balaban J connectivity index is 2.03. The maximum absolute atomic E-state index is 5.98. The van der Waals surface area contributed by atoms with Gasteiger partial charge in [0.05, 0.1) is 7.11 Å². The average molecular weight is 239 g/mol. The number of nitrogen functional groups attached to an aromatic ring is 1. The smallest absolute Gasteiger partial charge is 0.120 e. The van der Waals surface area contributed by atoms with Gasteiger partial charge in [-0.05, 0) is 25.0 Å². The van der Waals surface area contributed by atoms with Crippen molar-refractivity contribution in [1.82, 2.24) is 0 Å². The molecule has 0 saturated carbocycles. The largest absolute Gasteiger partial charge is 0.497 e. The molecule has 4 heteroatoms. The van der Waals surface area contributed by atoms with Gasteiger partial charge >= 0.3 is 0 Å². The summed E-state index contributed by atoms with van der Waals surface area (Å²) >= 11 is 1.85. The predicted molar refractivity (Wildman–Crippen MR) is 67.1 cm³/mol. The van der Waals surface area contributed by atoms with Crippen molar-refractivity contribution in [2.75, 3.05) is 26.1 Å². The van der Waals surface area contributed by atoms with Crippen LogP contribution in [0.15, 0.2) is 23.1 Å². The Morgan fingerprint density at radius 3 is 2.75 bits per heavy atom. The van der Waals surface area contributed by atoms with Crippen LogP contribution in [-0.4, -0.2) is 25.6 Å². The summed E-state index contributed by atoms with van der Waals surface area (Å²) in [7, 11) is 1.65. The molecule has 1 aliphatic heterocycles. The summed E-state index contributed by atoms with van der Waals surface area (Å²) in [6.07, 6.45) is 2.21. The molecule has 0 amide bonds. The molecule has 0 spiro atoms. The Morgan fingerprint density at radius 1 is 1.38 bits per heavy atom. The Kier molecular flexibility index (Phi) is 3.96. The van der Waals surface area contributed by atoms with Crippen molar-refractivity contribution in [1.29, 1.82) is 0 Å². The first-order valence-electron chi connectivity index (χ1n) is 5.47. The first-order valence-corrected chi connectivity index (χ1v) is 6.35. The number of methoxy groups -OCH3 is 1. The van der Waals surface area contributed by atoms with E-state index in [9.17, 15) is 0 Å². The highest BCUT2D eigenvalue weighted by Crippen LogP contribution is 2.34. The molecule has 1 saturated heterocycles. The molecule has 0 unspecified atom stereocenters. The van der Waals surface area contributed by atoms with E-state index in [0.717, 1.165) is 42.4 Å². The number of rotatable bonds is 3. The zero-order valence-electron chi connectivity index (χ0n) is 9.44. The number of thioether (sulfide) groups is 1. The summed E-state index contributed by atoms with van der Waals surface area (Å²) < 4.78 is 10.5. The molecule has 2 N–H and O–H groups in total. The van der Waals surface area contributed by atoms with Crippen molar-refractivity contribution in [3.8, 4) is 5.75 Å². The number of hydrogen-bond donors (Lipinski definition) is 1. The van der Waals surface area contributed by atoms with Crippen LogP contribution in [0.25, 0.3) is 0 Å². The second kappa shape index (κ2) is 5.46. The van der Waals surface area contributed by atoms with Gasteiger partial charge in [0.15, 0.2) is 0 Å². The summed E-state index contributed by atoms with van der Waals surface area (Å²) in [4.78, 5) is 1.15. The van der Waals surface area contributed by atoms with Gasteiger partial charge in [-0.1, -0.05) is 0 Å². The number of ether oxygens (including phenoxy) is 2. The minimum absolute atomic E-state index is 0.629. The molecule has 1 heterocycles. The summed E-state index contributed by atoms with van der Waals surface area (Å²) in [5.41, 5.74) is 6.78. The van der Waals surface area contributed by atoms with Gasteiger partial charge < -0.3 is 15.2 Å². The molecule has 0 aromatic heterocycles. The van der Waals surface area contributed by atoms with Gasteiger partial charge in [-0.2, -0.15) is 0 Å². The SMILES string of the molecule is COc1ccc(SC2CCOCC2)c(N)c1. The number of benzene rings is 1. The van der Waals surface area contributed by atoms with E-state index in [1.165, 1.54) is 0 Å². The van der Waals surface area contributed by atoms with Gasteiger partial charge in [0.1, 0.15) is 5.75 Å². The maximum atomic E-state index is 5.98. The first-order chi connectivity index (χ1) is 7.79. The lowest BCUT2D eigenvalue weighted by Crippen LogP contribution is -2.17. The van der Waals surface area contributed by atoms with Crippen LogP contribution in [0.2, 0.25) is 0 Å². The van der Waals surface area contributed by atoms with Gasteiger partial charge in [-0.15, -0.1) is 11.8 Å². The second-order valence-corrected chi connectivity index (χ2v) is 5.18. The molecular formula is C12H17NO2S. The zero-order chi connectivity index (χ0) is 11.4. The molecule has 0 atom stereocenters. The Bertz CT molecular complexity index is 351. The summed E-state index contributed by atoms with van der Waals surface area (Å²) in [6, 6.07) is 5.87. The van der Waals surface area contributed by atoms with E-state index in [1.807, 2.05) is 30.0 Å². The second-order valence-electron chi connectivity index (χ2n) is 3.83. The van der Waals surface area contributed by atoms with E-state index in [2.05, 4.69) is 0 Å².